The zero-order chi connectivity index (χ0) is 23.0. The van der Waals surface area contributed by atoms with Gasteiger partial charge in [-0.2, -0.15) is 0 Å². The van der Waals surface area contributed by atoms with Gasteiger partial charge in [-0.15, -0.1) is 0 Å². The van der Waals surface area contributed by atoms with Crippen LogP contribution in [0.2, 0.25) is 0 Å². The van der Waals surface area contributed by atoms with Crippen LogP contribution in [-0.2, 0) is 14.3 Å². The van der Waals surface area contributed by atoms with Gasteiger partial charge >= 0.3 is 6.09 Å². The zero-order valence-electron chi connectivity index (χ0n) is 19.4. The third-order valence-electron chi connectivity index (χ3n) is 5.36. The van der Waals surface area contributed by atoms with Gasteiger partial charge in [0.15, 0.2) is 5.60 Å². The van der Waals surface area contributed by atoms with Crippen LogP contribution in [0, 0.1) is 6.92 Å². The van der Waals surface area contributed by atoms with E-state index < -0.39 is 11.2 Å². The second kappa shape index (κ2) is 8.40. The fourth-order valence-electron chi connectivity index (χ4n) is 3.73. The lowest BCUT2D eigenvalue weighted by Crippen LogP contribution is -2.54. The molecule has 0 aliphatic carbocycles. The number of fused-ring (bicyclic) bond motifs is 1. The van der Waals surface area contributed by atoms with Crippen molar-refractivity contribution in [3.63, 3.8) is 0 Å². The Balaban J connectivity index is 1.59. The number of aryl methyl sites for hydroxylation is 1. The predicted octanol–water partition coefficient (Wildman–Crippen LogP) is 2.97. The van der Waals surface area contributed by atoms with Crippen LogP contribution >= 0.6 is 0 Å². The molecule has 0 spiro atoms. The summed E-state index contributed by atoms with van der Waals surface area (Å²) in [5.74, 6) is 0.455. The van der Waals surface area contributed by atoms with Crippen molar-refractivity contribution in [2.75, 3.05) is 37.6 Å². The molecule has 170 valence electrons. The Labute approximate surface area is 184 Å². The molecule has 2 aliphatic heterocycles. The molecule has 0 unspecified atom stereocenters. The van der Waals surface area contributed by atoms with Crippen molar-refractivity contribution >= 4 is 23.6 Å². The molecular formula is C23H33N3O5. The Morgan fingerprint density at radius 1 is 1.10 bits per heavy atom. The van der Waals surface area contributed by atoms with E-state index in [1.54, 1.807) is 28.5 Å². The SMILES string of the molecule is Cc1ccc2c(c1)N(CCC(=O)N1CCN(C(=O)OC(C)(C)C)CC1)C(=O)C(C)(C)O2. The summed E-state index contributed by atoms with van der Waals surface area (Å²) in [6, 6.07) is 5.72. The summed E-state index contributed by atoms with van der Waals surface area (Å²) in [5.41, 5.74) is 0.193. The third-order valence-corrected chi connectivity index (χ3v) is 5.36. The van der Waals surface area contributed by atoms with E-state index >= 15 is 0 Å². The molecule has 0 saturated carbocycles. The molecule has 1 aromatic rings. The largest absolute Gasteiger partial charge is 0.476 e. The second-order valence-corrected chi connectivity index (χ2v) is 9.64. The van der Waals surface area contributed by atoms with Crippen LogP contribution in [0.5, 0.6) is 5.75 Å². The Morgan fingerprint density at radius 3 is 2.32 bits per heavy atom. The topological polar surface area (TPSA) is 79.4 Å². The number of piperazine rings is 1. The van der Waals surface area contributed by atoms with Crippen LogP contribution in [-0.4, -0.2) is 71.6 Å². The van der Waals surface area contributed by atoms with Crippen molar-refractivity contribution in [2.24, 2.45) is 0 Å². The number of carbonyl (C=O) groups is 3. The first-order valence-corrected chi connectivity index (χ1v) is 10.7. The molecule has 0 bridgehead atoms. The van der Waals surface area contributed by atoms with Gasteiger partial charge in [0.2, 0.25) is 5.91 Å². The molecule has 8 heteroatoms. The molecule has 0 aromatic heterocycles. The average Bonchev–Trinajstić information content (AvgIpc) is 2.67. The Bertz CT molecular complexity index is 866. The molecule has 31 heavy (non-hydrogen) atoms. The third kappa shape index (κ3) is 5.29. The monoisotopic (exact) mass is 431 g/mol. The molecule has 2 heterocycles. The van der Waals surface area contributed by atoms with E-state index in [0.717, 1.165) is 5.56 Å². The minimum atomic E-state index is -0.982. The Morgan fingerprint density at radius 2 is 1.71 bits per heavy atom. The van der Waals surface area contributed by atoms with Crippen molar-refractivity contribution in [3.8, 4) is 5.75 Å². The van der Waals surface area contributed by atoms with Crippen molar-refractivity contribution in [3.05, 3.63) is 23.8 Å². The van der Waals surface area contributed by atoms with Crippen LogP contribution in [0.25, 0.3) is 0 Å². The maximum atomic E-state index is 13.0. The second-order valence-electron chi connectivity index (χ2n) is 9.64. The predicted molar refractivity (Wildman–Crippen MR) is 117 cm³/mol. The minimum absolute atomic E-state index is 0.0323. The van der Waals surface area contributed by atoms with Gasteiger partial charge < -0.3 is 24.2 Å². The number of hydrogen-bond donors (Lipinski definition) is 0. The van der Waals surface area contributed by atoms with Crippen molar-refractivity contribution in [2.45, 2.75) is 59.2 Å². The highest BCUT2D eigenvalue weighted by Gasteiger charge is 2.41. The highest BCUT2D eigenvalue weighted by molar-refractivity contribution is 6.02. The van der Waals surface area contributed by atoms with E-state index in [-0.39, 0.29) is 30.9 Å². The summed E-state index contributed by atoms with van der Waals surface area (Å²) in [6.07, 6.45) is -0.144. The molecule has 0 radical (unpaired) electrons. The van der Waals surface area contributed by atoms with Crippen molar-refractivity contribution in [1.82, 2.24) is 9.80 Å². The molecule has 3 rings (SSSR count). The van der Waals surface area contributed by atoms with Crippen LogP contribution in [0.4, 0.5) is 10.5 Å². The summed E-state index contributed by atoms with van der Waals surface area (Å²) in [5, 5.41) is 0. The van der Waals surface area contributed by atoms with Gasteiger partial charge in [-0.25, -0.2) is 4.79 Å². The van der Waals surface area contributed by atoms with E-state index in [9.17, 15) is 14.4 Å². The van der Waals surface area contributed by atoms with E-state index in [4.69, 9.17) is 9.47 Å². The van der Waals surface area contributed by atoms with Crippen LogP contribution in [0.1, 0.15) is 46.6 Å². The maximum absolute atomic E-state index is 13.0. The number of ether oxygens (including phenoxy) is 2. The van der Waals surface area contributed by atoms with E-state index in [1.807, 2.05) is 45.9 Å². The van der Waals surface area contributed by atoms with Gasteiger partial charge in [0.25, 0.3) is 5.91 Å². The molecule has 3 amide bonds. The zero-order valence-corrected chi connectivity index (χ0v) is 19.4. The van der Waals surface area contributed by atoms with E-state index in [1.165, 1.54) is 0 Å². The van der Waals surface area contributed by atoms with Crippen molar-refractivity contribution in [1.29, 1.82) is 0 Å². The highest BCUT2D eigenvalue weighted by atomic mass is 16.6. The van der Waals surface area contributed by atoms with Gasteiger partial charge in [-0.3, -0.25) is 9.59 Å². The highest BCUT2D eigenvalue weighted by Crippen LogP contribution is 2.38. The fraction of sp³-hybridized carbons (Fsp3) is 0.609. The molecule has 1 fully saturated rings. The summed E-state index contributed by atoms with van der Waals surface area (Å²) in [6.45, 7) is 13.0. The summed E-state index contributed by atoms with van der Waals surface area (Å²) < 4.78 is 11.3. The smallest absolute Gasteiger partial charge is 0.410 e. The molecule has 2 aliphatic rings. The molecule has 8 nitrogen and oxygen atoms in total. The number of rotatable bonds is 3. The summed E-state index contributed by atoms with van der Waals surface area (Å²) >= 11 is 0. The normalized spacial score (nSPS) is 18.4. The lowest BCUT2D eigenvalue weighted by atomic mass is 10.0. The fourth-order valence-corrected chi connectivity index (χ4v) is 3.73. The number of nitrogens with zero attached hydrogens (tertiary/aromatic N) is 3. The molecule has 1 aromatic carbocycles. The first-order chi connectivity index (χ1) is 14.4. The van der Waals surface area contributed by atoms with Gasteiger partial charge in [0.1, 0.15) is 11.4 Å². The maximum Gasteiger partial charge on any atom is 0.410 e. The van der Waals surface area contributed by atoms with Crippen LogP contribution in [0.3, 0.4) is 0 Å². The van der Waals surface area contributed by atoms with E-state index in [2.05, 4.69) is 0 Å². The Kier molecular flexibility index (Phi) is 6.21. The Hall–Kier alpha value is -2.77. The number of anilines is 1. The van der Waals surface area contributed by atoms with E-state index in [0.29, 0.717) is 37.6 Å². The molecule has 1 saturated heterocycles. The lowest BCUT2D eigenvalue weighted by Gasteiger charge is -2.39. The molecule has 0 N–H and O–H groups in total. The number of hydrogen-bond acceptors (Lipinski definition) is 5. The standard InChI is InChI=1S/C23H33N3O5/c1-16-7-8-18-17(15-16)26(20(28)23(5,6)30-18)10-9-19(27)24-11-13-25(14-12-24)21(29)31-22(2,3)4/h7-8,15H,9-14H2,1-6H3. The quantitative estimate of drug-likeness (QED) is 0.735. The van der Waals surface area contributed by atoms with Gasteiger partial charge in [0, 0.05) is 39.1 Å². The number of benzene rings is 1. The van der Waals surface area contributed by atoms with Gasteiger partial charge in [0.05, 0.1) is 5.69 Å². The van der Waals surface area contributed by atoms with Gasteiger partial charge in [-0.1, -0.05) is 6.07 Å². The van der Waals surface area contributed by atoms with Gasteiger partial charge in [-0.05, 0) is 59.2 Å². The first kappa shape index (κ1) is 22.9. The molecule has 0 atom stereocenters. The molecular weight excluding hydrogens is 398 g/mol. The average molecular weight is 432 g/mol. The summed E-state index contributed by atoms with van der Waals surface area (Å²) in [4.78, 5) is 43.0. The minimum Gasteiger partial charge on any atom is -0.476 e. The summed E-state index contributed by atoms with van der Waals surface area (Å²) in [7, 11) is 0. The number of carbonyl (C=O) groups excluding carboxylic acids is 3. The lowest BCUT2D eigenvalue weighted by molar-refractivity contribution is -0.134. The first-order valence-electron chi connectivity index (χ1n) is 10.7. The van der Waals surface area contributed by atoms with Crippen LogP contribution in [0.15, 0.2) is 18.2 Å². The van der Waals surface area contributed by atoms with Crippen LogP contribution < -0.4 is 9.64 Å². The number of amides is 3. The van der Waals surface area contributed by atoms with Crippen molar-refractivity contribution < 1.29 is 23.9 Å².